The summed E-state index contributed by atoms with van der Waals surface area (Å²) in [6.07, 6.45) is 2.75. The highest BCUT2D eigenvalue weighted by Gasteiger charge is 2.23. The van der Waals surface area contributed by atoms with E-state index in [0.717, 1.165) is 16.8 Å². The van der Waals surface area contributed by atoms with Gasteiger partial charge in [0, 0.05) is 29.1 Å². The number of hydrogen-bond acceptors (Lipinski definition) is 5. The van der Waals surface area contributed by atoms with E-state index in [9.17, 15) is 13.2 Å². The monoisotopic (exact) mass is 310 g/mol. The van der Waals surface area contributed by atoms with Gasteiger partial charge in [-0.1, -0.05) is 12.1 Å². The van der Waals surface area contributed by atoms with Gasteiger partial charge < -0.3 is 5.32 Å². The fourth-order valence-electron chi connectivity index (χ4n) is 1.53. The highest BCUT2D eigenvalue weighted by molar-refractivity contribution is 7.92. The molecule has 5 nitrogen and oxygen atoms in total. The Bertz CT molecular complexity index is 709. The average molecular weight is 310 g/mol. The fourth-order valence-corrected chi connectivity index (χ4v) is 2.62. The van der Waals surface area contributed by atoms with Gasteiger partial charge in [-0.05, 0) is 19.1 Å². The maximum atomic E-state index is 11.9. The van der Waals surface area contributed by atoms with E-state index in [1.807, 2.05) is 11.4 Å². The molecule has 0 radical (unpaired) electrons. The molecule has 0 saturated carbocycles. The summed E-state index contributed by atoms with van der Waals surface area (Å²) in [5.41, 5.74) is 1.43. The molecule has 1 atom stereocenters. The molecule has 1 amide bonds. The number of sulfone groups is 1. The molecule has 1 aromatic carbocycles. The first-order valence-electron chi connectivity index (χ1n) is 5.87. The summed E-state index contributed by atoms with van der Waals surface area (Å²) in [7, 11) is -3.40. The van der Waals surface area contributed by atoms with Crippen LogP contribution < -0.4 is 5.32 Å². The molecule has 2 aromatic rings. The molecule has 0 saturated heterocycles. The van der Waals surface area contributed by atoms with Gasteiger partial charge in [0.1, 0.15) is 10.3 Å². The van der Waals surface area contributed by atoms with E-state index in [1.54, 1.807) is 24.4 Å². The number of aromatic nitrogens is 1. The highest BCUT2D eigenvalue weighted by Crippen LogP contribution is 2.24. The maximum absolute atomic E-state index is 11.9. The minimum Gasteiger partial charge on any atom is -0.325 e. The van der Waals surface area contributed by atoms with Gasteiger partial charge in [-0.2, -0.15) is 0 Å². The Kier molecular flexibility index (Phi) is 4.20. The topological polar surface area (TPSA) is 76.1 Å². The molecule has 0 aliphatic carbocycles. The number of nitrogens with one attached hydrogen (secondary N) is 1. The van der Waals surface area contributed by atoms with Gasteiger partial charge in [-0.25, -0.2) is 13.4 Å². The van der Waals surface area contributed by atoms with Gasteiger partial charge in [0.25, 0.3) is 0 Å². The van der Waals surface area contributed by atoms with Crippen LogP contribution >= 0.6 is 11.3 Å². The van der Waals surface area contributed by atoms with E-state index in [-0.39, 0.29) is 0 Å². The number of thiazole rings is 1. The SMILES string of the molecule is C[C@@H](C(=O)Nc1cccc(-c2nccs2)c1)S(C)(=O)=O. The van der Waals surface area contributed by atoms with Crippen molar-refractivity contribution < 1.29 is 13.2 Å². The zero-order valence-corrected chi connectivity index (χ0v) is 12.7. The van der Waals surface area contributed by atoms with Gasteiger partial charge in [0.2, 0.25) is 5.91 Å². The number of hydrogen-bond donors (Lipinski definition) is 1. The third-order valence-electron chi connectivity index (χ3n) is 2.82. The molecule has 0 spiro atoms. The zero-order chi connectivity index (χ0) is 14.8. The summed E-state index contributed by atoms with van der Waals surface area (Å²) in [6, 6.07) is 7.15. The lowest BCUT2D eigenvalue weighted by Crippen LogP contribution is -2.31. The standard InChI is InChI=1S/C13H14N2O3S2/c1-9(20(2,17)18)12(16)15-11-5-3-4-10(8-11)13-14-6-7-19-13/h3-9H,1-2H3,(H,15,16)/t9-/m0/s1. The number of carbonyl (C=O) groups is 1. The highest BCUT2D eigenvalue weighted by atomic mass is 32.2. The number of benzene rings is 1. The molecule has 0 fully saturated rings. The molecule has 1 aromatic heterocycles. The molecule has 0 unspecified atom stereocenters. The molecule has 0 aliphatic heterocycles. The Hall–Kier alpha value is -1.73. The fraction of sp³-hybridized carbons (Fsp3) is 0.231. The Morgan fingerprint density at radius 2 is 2.15 bits per heavy atom. The first-order chi connectivity index (χ1) is 9.38. The Labute approximate surface area is 121 Å². The molecule has 106 valence electrons. The van der Waals surface area contributed by atoms with Crippen molar-refractivity contribution in [2.75, 3.05) is 11.6 Å². The second-order valence-corrected chi connectivity index (χ2v) is 7.64. The average Bonchev–Trinajstić information content (AvgIpc) is 2.91. The van der Waals surface area contributed by atoms with Gasteiger partial charge in [0.15, 0.2) is 9.84 Å². The first kappa shape index (κ1) is 14.7. The molecule has 1 heterocycles. The predicted octanol–water partition coefficient (Wildman–Crippen LogP) is 2.18. The van der Waals surface area contributed by atoms with Gasteiger partial charge in [0.05, 0.1) is 0 Å². The van der Waals surface area contributed by atoms with Crippen LogP contribution in [0.3, 0.4) is 0 Å². The second-order valence-electron chi connectivity index (χ2n) is 4.38. The minimum atomic E-state index is -3.40. The van der Waals surface area contributed by atoms with Crippen LogP contribution in [0.2, 0.25) is 0 Å². The van der Waals surface area contributed by atoms with Gasteiger partial charge in [-0.15, -0.1) is 11.3 Å². The van der Waals surface area contributed by atoms with E-state index in [1.165, 1.54) is 18.3 Å². The molecular formula is C13H14N2O3S2. The van der Waals surface area contributed by atoms with Crippen LogP contribution in [-0.2, 0) is 14.6 Å². The quantitative estimate of drug-likeness (QED) is 0.939. The molecule has 2 rings (SSSR count). The summed E-state index contributed by atoms with van der Waals surface area (Å²) < 4.78 is 22.7. The largest absolute Gasteiger partial charge is 0.325 e. The Balaban J connectivity index is 2.19. The van der Waals surface area contributed by atoms with Crippen LogP contribution in [0.1, 0.15) is 6.92 Å². The Morgan fingerprint density at radius 1 is 1.40 bits per heavy atom. The van der Waals surface area contributed by atoms with E-state index in [0.29, 0.717) is 5.69 Å². The lowest BCUT2D eigenvalue weighted by molar-refractivity contribution is -0.115. The van der Waals surface area contributed by atoms with E-state index >= 15 is 0 Å². The van der Waals surface area contributed by atoms with Crippen molar-refractivity contribution in [3.8, 4) is 10.6 Å². The van der Waals surface area contributed by atoms with E-state index < -0.39 is 21.0 Å². The van der Waals surface area contributed by atoms with Crippen LogP contribution in [0.5, 0.6) is 0 Å². The molecule has 0 aliphatic rings. The second kappa shape index (κ2) is 5.72. The minimum absolute atomic E-state index is 0.538. The summed E-state index contributed by atoms with van der Waals surface area (Å²) >= 11 is 1.49. The van der Waals surface area contributed by atoms with Crippen molar-refractivity contribution in [2.45, 2.75) is 12.2 Å². The van der Waals surface area contributed by atoms with Crippen LogP contribution in [0.4, 0.5) is 5.69 Å². The maximum Gasteiger partial charge on any atom is 0.242 e. The third-order valence-corrected chi connectivity index (χ3v) is 5.14. The van der Waals surface area contributed by atoms with Crippen LogP contribution in [0.15, 0.2) is 35.8 Å². The van der Waals surface area contributed by atoms with E-state index in [2.05, 4.69) is 10.3 Å². The van der Waals surface area contributed by atoms with Crippen molar-refractivity contribution in [2.24, 2.45) is 0 Å². The smallest absolute Gasteiger partial charge is 0.242 e. The molecule has 0 bridgehead atoms. The van der Waals surface area contributed by atoms with Crippen molar-refractivity contribution in [1.82, 2.24) is 4.98 Å². The van der Waals surface area contributed by atoms with Gasteiger partial charge >= 0.3 is 0 Å². The predicted molar refractivity (Wildman–Crippen MR) is 80.5 cm³/mol. The number of carbonyl (C=O) groups excluding carboxylic acids is 1. The Morgan fingerprint density at radius 3 is 2.75 bits per heavy atom. The number of nitrogens with zero attached hydrogens (tertiary/aromatic N) is 1. The molecule has 20 heavy (non-hydrogen) atoms. The molecule has 1 N–H and O–H groups in total. The first-order valence-corrected chi connectivity index (χ1v) is 8.71. The van der Waals surface area contributed by atoms with E-state index in [4.69, 9.17) is 0 Å². The normalized spacial score (nSPS) is 12.9. The summed E-state index contributed by atoms with van der Waals surface area (Å²) in [5, 5.41) is 4.24. The van der Waals surface area contributed by atoms with Crippen molar-refractivity contribution >= 4 is 32.8 Å². The number of amides is 1. The number of rotatable bonds is 4. The summed E-state index contributed by atoms with van der Waals surface area (Å²) in [5.74, 6) is -0.538. The van der Waals surface area contributed by atoms with Crippen molar-refractivity contribution in [1.29, 1.82) is 0 Å². The molecule has 7 heteroatoms. The lowest BCUT2D eigenvalue weighted by atomic mass is 10.2. The third kappa shape index (κ3) is 3.43. The molecular weight excluding hydrogens is 296 g/mol. The van der Waals surface area contributed by atoms with Crippen molar-refractivity contribution in [3.05, 3.63) is 35.8 Å². The summed E-state index contributed by atoms with van der Waals surface area (Å²) in [6.45, 7) is 1.37. The number of anilines is 1. The van der Waals surface area contributed by atoms with Crippen LogP contribution in [0.25, 0.3) is 10.6 Å². The lowest BCUT2D eigenvalue weighted by Gasteiger charge is -2.11. The summed E-state index contributed by atoms with van der Waals surface area (Å²) in [4.78, 5) is 16.0. The van der Waals surface area contributed by atoms with Crippen LogP contribution in [-0.4, -0.2) is 30.8 Å². The van der Waals surface area contributed by atoms with Crippen LogP contribution in [0, 0.1) is 0 Å². The zero-order valence-electron chi connectivity index (χ0n) is 11.0. The van der Waals surface area contributed by atoms with Crippen molar-refractivity contribution in [3.63, 3.8) is 0 Å². The van der Waals surface area contributed by atoms with Gasteiger partial charge in [-0.3, -0.25) is 4.79 Å².